The molecule has 38 heavy (non-hydrogen) atoms. The summed E-state index contributed by atoms with van der Waals surface area (Å²) in [5, 5.41) is 7.01. The first kappa shape index (κ1) is 25.6. The van der Waals surface area contributed by atoms with E-state index in [1.807, 2.05) is 48.7 Å². The van der Waals surface area contributed by atoms with Crippen LogP contribution >= 0.6 is 12.2 Å². The zero-order valence-electron chi connectivity index (χ0n) is 21.9. The average molecular weight is 526 g/mol. The van der Waals surface area contributed by atoms with E-state index in [9.17, 15) is 4.79 Å². The fourth-order valence-corrected chi connectivity index (χ4v) is 5.51. The van der Waals surface area contributed by atoms with E-state index in [-0.39, 0.29) is 24.6 Å². The SMILES string of the molecule is COCC(=O)Nc1ccc(N2C(=S)NC(c3ccccn3)C2c2cc(C)n(-c3ccc(C)cc3)c2C)cc1. The molecular formula is C30H31N5O2S. The Morgan fingerprint density at radius 3 is 2.39 bits per heavy atom. The van der Waals surface area contributed by atoms with E-state index in [1.54, 1.807) is 0 Å². The van der Waals surface area contributed by atoms with Gasteiger partial charge < -0.3 is 24.8 Å². The van der Waals surface area contributed by atoms with Crippen molar-refractivity contribution < 1.29 is 9.53 Å². The first-order chi connectivity index (χ1) is 18.4. The van der Waals surface area contributed by atoms with Crippen molar-refractivity contribution in [3.63, 3.8) is 0 Å². The van der Waals surface area contributed by atoms with Crippen LogP contribution in [0.3, 0.4) is 0 Å². The number of rotatable bonds is 7. The monoisotopic (exact) mass is 525 g/mol. The van der Waals surface area contributed by atoms with Gasteiger partial charge in [-0.05, 0) is 93.1 Å². The third-order valence-corrected chi connectivity index (χ3v) is 7.20. The molecule has 0 saturated carbocycles. The fourth-order valence-electron chi connectivity index (χ4n) is 5.16. The van der Waals surface area contributed by atoms with Crippen LogP contribution in [0.4, 0.5) is 11.4 Å². The highest BCUT2D eigenvalue weighted by Gasteiger charge is 2.42. The lowest BCUT2D eigenvalue weighted by atomic mass is 9.96. The van der Waals surface area contributed by atoms with Gasteiger partial charge in [-0.3, -0.25) is 9.78 Å². The Kier molecular flexibility index (Phi) is 7.26. The second-order valence-corrected chi connectivity index (χ2v) is 9.91. The van der Waals surface area contributed by atoms with Gasteiger partial charge in [0.2, 0.25) is 5.91 Å². The van der Waals surface area contributed by atoms with Crippen molar-refractivity contribution in [1.82, 2.24) is 14.9 Å². The molecule has 1 amide bonds. The molecule has 3 heterocycles. The third kappa shape index (κ3) is 4.92. The van der Waals surface area contributed by atoms with Crippen molar-refractivity contribution >= 4 is 34.6 Å². The lowest BCUT2D eigenvalue weighted by Crippen LogP contribution is -2.29. The predicted octanol–water partition coefficient (Wildman–Crippen LogP) is 5.56. The number of anilines is 2. The summed E-state index contributed by atoms with van der Waals surface area (Å²) in [6.07, 6.45) is 1.81. The van der Waals surface area contributed by atoms with Crippen LogP contribution in [0.2, 0.25) is 0 Å². The molecule has 1 fully saturated rings. The number of aromatic nitrogens is 2. The Morgan fingerprint density at radius 2 is 1.74 bits per heavy atom. The molecule has 1 aliphatic rings. The molecule has 0 bridgehead atoms. The zero-order chi connectivity index (χ0) is 26.8. The normalized spacial score (nSPS) is 16.9. The van der Waals surface area contributed by atoms with Crippen LogP contribution in [0.1, 0.15) is 40.3 Å². The van der Waals surface area contributed by atoms with Crippen LogP contribution in [0, 0.1) is 20.8 Å². The van der Waals surface area contributed by atoms with E-state index >= 15 is 0 Å². The second-order valence-electron chi connectivity index (χ2n) is 9.52. The van der Waals surface area contributed by atoms with Crippen molar-refractivity contribution in [2.75, 3.05) is 23.9 Å². The van der Waals surface area contributed by atoms with Crippen LogP contribution in [0.5, 0.6) is 0 Å². The van der Waals surface area contributed by atoms with Gasteiger partial charge in [-0.1, -0.05) is 23.8 Å². The summed E-state index contributed by atoms with van der Waals surface area (Å²) >= 11 is 5.90. The predicted molar refractivity (Wildman–Crippen MR) is 155 cm³/mol. The fraction of sp³-hybridized carbons (Fsp3) is 0.233. The van der Waals surface area contributed by atoms with E-state index in [0.717, 1.165) is 28.5 Å². The van der Waals surface area contributed by atoms with Crippen LogP contribution < -0.4 is 15.5 Å². The number of carbonyl (C=O) groups excluding carboxylic acids is 1. The molecule has 1 aliphatic heterocycles. The number of hydrogen-bond donors (Lipinski definition) is 2. The number of benzene rings is 2. The lowest BCUT2D eigenvalue weighted by molar-refractivity contribution is -0.119. The maximum Gasteiger partial charge on any atom is 0.250 e. The summed E-state index contributed by atoms with van der Waals surface area (Å²) in [5.41, 5.74) is 8.37. The molecule has 0 spiro atoms. The standard InChI is InChI=1S/C30H31N5O2S/c1-19-8-12-23(13-9-19)34-20(2)17-25(21(34)3)29-28(26-7-5-6-16-31-26)33-30(38)35(29)24-14-10-22(11-15-24)32-27(36)18-37-4/h5-17,28-29H,18H2,1-4H3,(H,32,36)(H,33,38). The van der Waals surface area contributed by atoms with Crippen LogP contribution in [-0.2, 0) is 9.53 Å². The minimum Gasteiger partial charge on any atom is -0.375 e. The Hall–Kier alpha value is -4.01. The minimum atomic E-state index is -0.199. The van der Waals surface area contributed by atoms with E-state index in [0.29, 0.717) is 10.8 Å². The highest BCUT2D eigenvalue weighted by atomic mass is 32.1. The molecule has 2 aromatic carbocycles. The Bertz CT molecular complexity index is 1450. The number of methoxy groups -OCH3 is 1. The van der Waals surface area contributed by atoms with Gasteiger partial charge in [-0.2, -0.15) is 0 Å². The Labute approximate surface area is 228 Å². The molecule has 0 radical (unpaired) electrons. The van der Waals surface area contributed by atoms with Crippen molar-refractivity contribution in [3.8, 4) is 5.69 Å². The van der Waals surface area contributed by atoms with Crippen LogP contribution in [-0.4, -0.2) is 34.3 Å². The Morgan fingerprint density at radius 1 is 1.03 bits per heavy atom. The molecule has 194 valence electrons. The van der Waals surface area contributed by atoms with E-state index in [4.69, 9.17) is 17.0 Å². The third-order valence-electron chi connectivity index (χ3n) is 6.88. The van der Waals surface area contributed by atoms with Gasteiger partial charge >= 0.3 is 0 Å². The van der Waals surface area contributed by atoms with E-state index in [1.165, 1.54) is 18.2 Å². The number of nitrogens with one attached hydrogen (secondary N) is 2. The molecule has 4 aromatic rings. The first-order valence-corrected chi connectivity index (χ1v) is 12.9. The van der Waals surface area contributed by atoms with E-state index < -0.39 is 0 Å². The largest absolute Gasteiger partial charge is 0.375 e. The molecule has 5 rings (SSSR count). The van der Waals surface area contributed by atoms with Crippen molar-refractivity contribution in [3.05, 3.63) is 107 Å². The molecule has 1 saturated heterocycles. The average Bonchev–Trinajstić information content (AvgIpc) is 3.41. The molecule has 8 heteroatoms. The van der Waals surface area contributed by atoms with Crippen molar-refractivity contribution in [2.45, 2.75) is 32.9 Å². The number of ether oxygens (including phenoxy) is 1. The minimum absolute atomic E-state index is 0.00626. The van der Waals surface area contributed by atoms with Gasteiger partial charge in [-0.25, -0.2) is 0 Å². The molecule has 2 unspecified atom stereocenters. The van der Waals surface area contributed by atoms with Gasteiger partial charge in [-0.15, -0.1) is 0 Å². The molecule has 2 aromatic heterocycles. The number of thiocarbonyl (C=S) groups is 1. The van der Waals surface area contributed by atoms with Crippen LogP contribution in [0.25, 0.3) is 5.69 Å². The summed E-state index contributed by atoms with van der Waals surface area (Å²) in [6, 6.07) is 24.2. The quantitative estimate of drug-likeness (QED) is 0.308. The van der Waals surface area contributed by atoms with Crippen LogP contribution in [0.15, 0.2) is 79.0 Å². The smallest absolute Gasteiger partial charge is 0.250 e. The van der Waals surface area contributed by atoms with Gasteiger partial charge in [0.05, 0.1) is 17.8 Å². The second kappa shape index (κ2) is 10.8. The van der Waals surface area contributed by atoms with E-state index in [2.05, 4.69) is 76.2 Å². The zero-order valence-corrected chi connectivity index (χ0v) is 22.8. The molecule has 2 N–H and O–H groups in total. The number of pyridine rings is 1. The summed E-state index contributed by atoms with van der Waals surface area (Å²) in [6.45, 7) is 6.39. The summed E-state index contributed by atoms with van der Waals surface area (Å²) in [5.74, 6) is -0.199. The van der Waals surface area contributed by atoms with Gasteiger partial charge in [0.1, 0.15) is 6.61 Å². The van der Waals surface area contributed by atoms with Gasteiger partial charge in [0.15, 0.2) is 5.11 Å². The molecule has 2 atom stereocenters. The maximum atomic E-state index is 12.0. The lowest BCUT2D eigenvalue weighted by Gasteiger charge is -2.28. The van der Waals surface area contributed by atoms with Crippen molar-refractivity contribution in [2.24, 2.45) is 0 Å². The summed E-state index contributed by atoms with van der Waals surface area (Å²) in [4.78, 5) is 18.8. The number of aryl methyl sites for hydroxylation is 2. The number of amides is 1. The first-order valence-electron chi connectivity index (χ1n) is 12.5. The molecular weight excluding hydrogens is 494 g/mol. The number of carbonyl (C=O) groups is 1. The van der Waals surface area contributed by atoms with Gasteiger partial charge in [0, 0.05) is 41.8 Å². The van der Waals surface area contributed by atoms with Gasteiger partial charge in [0.25, 0.3) is 0 Å². The summed E-state index contributed by atoms with van der Waals surface area (Å²) < 4.78 is 7.21. The highest BCUT2D eigenvalue weighted by molar-refractivity contribution is 7.80. The summed E-state index contributed by atoms with van der Waals surface area (Å²) in [7, 11) is 1.50. The topological polar surface area (TPSA) is 71.4 Å². The Balaban J connectivity index is 1.57. The number of nitrogens with zero attached hydrogens (tertiary/aromatic N) is 3. The molecule has 7 nitrogen and oxygen atoms in total. The molecule has 0 aliphatic carbocycles. The number of hydrogen-bond acceptors (Lipinski definition) is 4. The maximum absolute atomic E-state index is 12.0. The highest BCUT2D eigenvalue weighted by Crippen LogP contribution is 2.43. The van der Waals surface area contributed by atoms with Crippen molar-refractivity contribution in [1.29, 1.82) is 0 Å².